The van der Waals surface area contributed by atoms with E-state index in [0.29, 0.717) is 32.1 Å². The van der Waals surface area contributed by atoms with Crippen LogP contribution in [0.1, 0.15) is 26.4 Å². The maximum absolute atomic E-state index is 13.2. The monoisotopic (exact) mass is 602 g/mol. The lowest BCUT2D eigenvalue weighted by atomic mass is 10.0. The molecular weight excluding hydrogens is 583 g/mol. The van der Waals surface area contributed by atoms with Gasteiger partial charge < -0.3 is 14.5 Å². The second-order valence-corrected chi connectivity index (χ2v) is 9.70. The highest BCUT2D eigenvalue weighted by Gasteiger charge is 2.21. The van der Waals surface area contributed by atoms with Gasteiger partial charge in [0.25, 0.3) is 11.6 Å². The van der Waals surface area contributed by atoms with Crippen molar-refractivity contribution < 1.29 is 24.0 Å². The van der Waals surface area contributed by atoms with Gasteiger partial charge in [0, 0.05) is 28.1 Å². The largest absolute Gasteiger partial charge is 0.493 e. The first kappa shape index (κ1) is 28.3. The predicted octanol–water partition coefficient (Wildman–Crippen LogP) is 7.04. The number of rotatable bonds is 8. The van der Waals surface area contributed by atoms with Crippen molar-refractivity contribution in [1.82, 2.24) is 10.4 Å². The molecule has 1 amide bonds. The van der Waals surface area contributed by atoms with Crippen LogP contribution in [0.2, 0.25) is 10.0 Å². The van der Waals surface area contributed by atoms with E-state index in [-0.39, 0.29) is 28.4 Å². The summed E-state index contributed by atoms with van der Waals surface area (Å²) in [5.41, 5.74) is 5.29. The molecule has 0 fully saturated rings. The van der Waals surface area contributed by atoms with Crippen LogP contribution in [0.4, 0.5) is 5.69 Å². The normalized spacial score (nSPS) is 11.0. The van der Waals surface area contributed by atoms with Gasteiger partial charge in [0.1, 0.15) is 5.69 Å². The first-order chi connectivity index (χ1) is 20.2. The molecule has 1 aromatic heterocycles. The summed E-state index contributed by atoms with van der Waals surface area (Å²) < 4.78 is 10.8. The Hall–Kier alpha value is -5.19. The minimum atomic E-state index is -0.717. The summed E-state index contributed by atoms with van der Waals surface area (Å²) in [5, 5.41) is 16.4. The Morgan fingerprint density at radius 3 is 2.40 bits per heavy atom. The van der Waals surface area contributed by atoms with Crippen LogP contribution in [0.3, 0.4) is 0 Å². The van der Waals surface area contributed by atoms with E-state index >= 15 is 0 Å². The smallest absolute Gasteiger partial charge is 0.343 e. The highest BCUT2D eigenvalue weighted by Crippen LogP contribution is 2.37. The molecule has 5 rings (SSSR count). The number of nitro groups is 1. The number of hydrogen-bond donors (Lipinski definition) is 2. The number of nitrogens with one attached hydrogen (secondary N) is 2. The topological polar surface area (TPSA) is 136 Å². The van der Waals surface area contributed by atoms with Gasteiger partial charge in [-0.1, -0.05) is 53.5 Å². The molecule has 0 aliphatic carbocycles. The third-order valence-electron chi connectivity index (χ3n) is 6.20. The van der Waals surface area contributed by atoms with Crippen molar-refractivity contribution >= 4 is 57.9 Å². The lowest BCUT2D eigenvalue weighted by Gasteiger charge is -2.10. The molecule has 0 saturated carbocycles. The van der Waals surface area contributed by atoms with Crippen LogP contribution >= 0.6 is 23.2 Å². The summed E-state index contributed by atoms with van der Waals surface area (Å²) in [7, 11) is 1.40. The van der Waals surface area contributed by atoms with Crippen molar-refractivity contribution in [3.8, 4) is 22.6 Å². The van der Waals surface area contributed by atoms with Crippen molar-refractivity contribution in [3.63, 3.8) is 0 Å². The highest BCUT2D eigenvalue weighted by atomic mass is 35.5. The van der Waals surface area contributed by atoms with Crippen LogP contribution in [0, 0.1) is 10.1 Å². The van der Waals surface area contributed by atoms with Crippen LogP contribution in [-0.4, -0.2) is 35.1 Å². The fourth-order valence-corrected chi connectivity index (χ4v) is 4.78. The number of ether oxygens (including phenoxy) is 2. The molecule has 42 heavy (non-hydrogen) atoms. The minimum absolute atomic E-state index is 0.128. The minimum Gasteiger partial charge on any atom is -0.493 e. The maximum atomic E-state index is 13.2. The van der Waals surface area contributed by atoms with E-state index in [0.717, 1.165) is 5.56 Å². The summed E-state index contributed by atoms with van der Waals surface area (Å²) >= 11 is 12.7. The van der Waals surface area contributed by atoms with E-state index in [2.05, 4.69) is 15.5 Å². The molecule has 0 unspecified atom stereocenters. The van der Waals surface area contributed by atoms with Crippen molar-refractivity contribution in [2.75, 3.05) is 7.11 Å². The van der Waals surface area contributed by atoms with Gasteiger partial charge in [-0.2, -0.15) is 5.10 Å². The SMILES string of the molecule is COc1cc(C=NNC(=O)c2[nH]c3c(Cl)cc(Cl)cc3c2-c2ccccc2)ccc1OC(=O)c1ccc([N+](=O)[O-])cc1. The molecule has 0 atom stereocenters. The first-order valence-electron chi connectivity index (χ1n) is 12.3. The average Bonchev–Trinajstić information content (AvgIpc) is 3.38. The number of aromatic nitrogens is 1. The first-order valence-corrected chi connectivity index (χ1v) is 13.0. The number of methoxy groups -OCH3 is 1. The number of esters is 1. The molecule has 0 bridgehead atoms. The number of H-pyrrole nitrogens is 1. The summed E-state index contributed by atoms with van der Waals surface area (Å²) in [6.45, 7) is 0. The van der Waals surface area contributed by atoms with Gasteiger partial charge in [0.2, 0.25) is 0 Å². The van der Waals surface area contributed by atoms with Crippen molar-refractivity contribution in [2.45, 2.75) is 0 Å². The van der Waals surface area contributed by atoms with Crippen LogP contribution in [-0.2, 0) is 0 Å². The van der Waals surface area contributed by atoms with Crippen LogP contribution in [0.15, 0.2) is 90.0 Å². The molecule has 210 valence electrons. The van der Waals surface area contributed by atoms with E-state index in [9.17, 15) is 19.7 Å². The Balaban J connectivity index is 1.34. The fraction of sp³-hybridized carbons (Fsp3) is 0.0333. The molecule has 5 aromatic rings. The molecule has 4 aromatic carbocycles. The van der Waals surface area contributed by atoms with Crippen molar-refractivity contribution in [3.05, 3.63) is 122 Å². The summed E-state index contributed by atoms with van der Waals surface area (Å²) in [6, 6.07) is 22.4. The third-order valence-corrected chi connectivity index (χ3v) is 6.71. The fourth-order valence-electron chi connectivity index (χ4n) is 4.24. The number of benzene rings is 4. The number of nitrogens with zero attached hydrogens (tertiary/aromatic N) is 2. The van der Waals surface area contributed by atoms with Crippen molar-refractivity contribution in [2.24, 2.45) is 5.10 Å². The number of hydrogen-bond acceptors (Lipinski definition) is 7. The second-order valence-electron chi connectivity index (χ2n) is 8.85. The van der Waals surface area contributed by atoms with Crippen LogP contribution in [0.5, 0.6) is 11.5 Å². The van der Waals surface area contributed by atoms with Gasteiger partial charge in [-0.15, -0.1) is 0 Å². The number of hydrazone groups is 1. The van der Waals surface area contributed by atoms with Gasteiger partial charge in [0.05, 0.1) is 34.4 Å². The van der Waals surface area contributed by atoms with Gasteiger partial charge in [0.15, 0.2) is 11.5 Å². The van der Waals surface area contributed by atoms with Gasteiger partial charge in [-0.05, 0) is 53.6 Å². The number of fused-ring (bicyclic) bond motifs is 1. The molecular formula is C30H20Cl2N4O6. The summed E-state index contributed by atoms with van der Waals surface area (Å²) in [6.07, 6.45) is 1.40. The standard InChI is InChI=1S/C30H20Cl2N4O6/c1-41-25-13-17(7-12-24(25)42-30(38)19-8-10-21(11-9-19)36(39)40)16-33-35-29(37)28-26(18-5-3-2-4-6-18)22-14-20(31)15-23(32)27(22)34-28/h2-16,34H,1H3,(H,35,37). The Morgan fingerprint density at radius 2 is 1.71 bits per heavy atom. The zero-order chi connectivity index (χ0) is 29.8. The Kier molecular flexibility index (Phi) is 8.19. The Morgan fingerprint density at radius 1 is 0.976 bits per heavy atom. The van der Waals surface area contributed by atoms with E-state index in [4.69, 9.17) is 32.7 Å². The van der Waals surface area contributed by atoms with Crippen molar-refractivity contribution in [1.29, 1.82) is 0 Å². The number of nitro benzene ring substituents is 1. The molecule has 2 N–H and O–H groups in total. The highest BCUT2D eigenvalue weighted by molar-refractivity contribution is 6.39. The van der Waals surface area contributed by atoms with Gasteiger partial charge in [-0.25, -0.2) is 10.2 Å². The van der Waals surface area contributed by atoms with Gasteiger partial charge >= 0.3 is 5.97 Å². The number of aromatic amines is 1. The predicted molar refractivity (Wildman–Crippen MR) is 160 cm³/mol. The number of halogens is 2. The van der Waals surface area contributed by atoms with Gasteiger partial charge in [-0.3, -0.25) is 14.9 Å². The van der Waals surface area contributed by atoms with E-state index in [1.165, 1.54) is 43.7 Å². The lowest BCUT2D eigenvalue weighted by Crippen LogP contribution is -2.18. The third kappa shape index (κ3) is 5.95. The molecule has 0 spiro atoms. The maximum Gasteiger partial charge on any atom is 0.343 e. The Labute approximate surface area is 248 Å². The van der Waals surface area contributed by atoms with E-state index in [1.54, 1.807) is 24.3 Å². The summed E-state index contributed by atoms with van der Waals surface area (Å²) in [4.78, 5) is 39.1. The number of amides is 1. The average molecular weight is 603 g/mol. The van der Waals surface area contributed by atoms with E-state index < -0.39 is 16.8 Å². The number of carbonyl (C=O) groups is 2. The zero-order valence-corrected chi connectivity index (χ0v) is 23.3. The van der Waals surface area contributed by atoms with E-state index in [1.807, 2.05) is 30.3 Å². The molecule has 0 aliphatic rings. The molecule has 10 nitrogen and oxygen atoms in total. The van der Waals surface area contributed by atoms with Crippen LogP contribution in [0.25, 0.3) is 22.0 Å². The molecule has 12 heteroatoms. The number of carbonyl (C=O) groups excluding carboxylic acids is 2. The second kappa shape index (κ2) is 12.1. The Bertz CT molecular complexity index is 1850. The lowest BCUT2D eigenvalue weighted by molar-refractivity contribution is -0.384. The van der Waals surface area contributed by atoms with Crippen LogP contribution < -0.4 is 14.9 Å². The zero-order valence-electron chi connectivity index (χ0n) is 21.8. The molecule has 0 aliphatic heterocycles. The summed E-state index contributed by atoms with van der Waals surface area (Å²) in [5.74, 6) is -0.864. The molecule has 1 heterocycles. The number of non-ortho nitro benzene ring substituents is 1. The molecule has 0 radical (unpaired) electrons. The quantitative estimate of drug-likeness (QED) is 0.0642. The molecule has 0 saturated heterocycles.